The van der Waals surface area contributed by atoms with Crippen molar-refractivity contribution in [1.29, 1.82) is 0 Å². The largest absolute Gasteiger partial charge is 0.301 e. The second-order valence-electron chi connectivity index (χ2n) is 4.70. The zero-order chi connectivity index (χ0) is 16.1. The number of nitrogens with one attached hydrogen (secondary N) is 1. The summed E-state index contributed by atoms with van der Waals surface area (Å²) in [6.45, 7) is 0. The summed E-state index contributed by atoms with van der Waals surface area (Å²) in [7, 11) is 0. The monoisotopic (exact) mass is 345 g/mol. The van der Waals surface area contributed by atoms with Crippen molar-refractivity contribution >= 4 is 34.2 Å². The number of carbonyl (C=O) groups is 1. The van der Waals surface area contributed by atoms with Gasteiger partial charge < -0.3 is 5.32 Å². The van der Waals surface area contributed by atoms with E-state index in [9.17, 15) is 4.79 Å². The van der Waals surface area contributed by atoms with Gasteiger partial charge in [-0.25, -0.2) is 4.98 Å². The quantitative estimate of drug-likeness (QED) is 0.718. The predicted octanol–water partition coefficient (Wildman–Crippen LogP) is 3.22. The van der Waals surface area contributed by atoms with Crippen LogP contribution < -0.4 is 5.32 Å². The van der Waals surface area contributed by atoms with Crippen molar-refractivity contribution in [2.24, 2.45) is 0 Å². The molecule has 0 aliphatic rings. The van der Waals surface area contributed by atoms with E-state index in [-0.39, 0.29) is 5.91 Å². The predicted molar refractivity (Wildman–Crippen MR) is 89.3 cm³/mol. The summed E-state index contributed by atoms with van der Waals surface area (Å²) in [5.41, 5.74) is 1.77. The van der Waals surface area contributed by atoms with Gasteiger partial charge in [-0.2, -0.15) is 9.36 Å². The molecule has 0 fully saturated rings. The highest BCUT2D eigenvalue weighted by molar-refractivity contribution is 7.10. The normalized spacial score (nSPS) is 10.5. The molecule has 23 heavy (non-hydrogen) atoms. The smallest absolute Gasteiger partial charge is 0.226 e. The van der Waals surface area contributed by atoms with Crippen LogP contribution in [0.1, 0.15) is 12.0 Å². The van der Waals surface area contributed by atoms with E-state index in [0.29, 0.717) is 29.0 Å². The lowest BCUT2D eigenvalue weighted by molar-refractivity contribution is -0.116. The first-order valence-electron chi connectivity index (χ1n) is 6.85. The van der Waals surface area contributed by atoms with Gasteiger partial charge in [-0.1, -0.05) is 17.7 Å². The molecule has 1 N–H and O–H groups in total. The Morgan fingerprint density at radius 2 is 2.17 bits per heavy atom. The fourth-order valence-electron chi connectivity index (χ4n) is 1.88. The summed E-state index contributed by atoms with van der Waals surface area (Å²) >= 11 is 6.87. The second kappa shape index (κ2) is 7.26. The van der Waals surface area contributed by atoms with Crippen molar-refractivity contribution in [3.63, 3.8) is 0 Å². The summed E-state index contributed by atoms with van der Waals surface area (Å²) in [5, 5.41) is 3.67. The molecule has 3 aromatic heterocycles. The molecule has 1 amide bonds. The fraction of sp³-hybridized carbons (Fsp3) is 0.133. The van der Waals surface area contributed by atoms with Crippen LogP contribution in [0.25, 0.3) is 11.4 Å². The number of amides is 1. The molecule has 0 aliphatic carbocycles. The number of aromatic nitrogens is 4. The first-order valence-corrected chi connectivity index (χ1v) is 8.00. The van der Waals surface area contributed by atoms with Crippen molar-refractivity contribution in [2.75, 3.05) is 5.32 Å². The van der Waals surface area contributed by atoms with E-state index in [1.54, 1.807) is 24.7 Å². The zero-order valence-corrected chi connectivity index (χ0v) is 13.5. The van der Waals surface area contributed by atoms with E-state index in [0.717, 1.165) is 22.7 Å². The Morgan fingerprint density at radius 1 is 1.26 bits per heavy atom. The van der Waals surface area contributed by atoms with Crippen molar-refractivity contribution in [3.05, 3.63) is 53.6 Å². The zero-order valence-electron chi connectivity index (χ0n) is 11.9. The van der Waals surface area contributed by atoms with E-state index >= 15 is 0 Å². The third kappa shape index (κ3) is 4.30. The molecule has 0 spiro atoms. The van der Waals surface area contributed by atoms with Gasteiger partial charge in [0, 0.05) is 42.1 Å². The summed E-state index contributed by atoms with van der Waals surface area (Å²) in [4.78, 5) is 24.3. The highest BCUT2D eigenvalue weighted by Crippen LogP contribution is 2.20. The lowest BCUT2D eigenvalue weighted by Gasteiger charge is -2.01. The maximum absolute atomic E-state index is 12.0. The molecule has 0 bridgehead atoms. The van der Waals surface area contributed by atoms with Crippen LogP contribution in [-0.4, -0.2) is 25.2 Å². The molecule has 116 valence electrons. The average molecular weight is 346 g/mol. The molecule has 0 atom stereocenters. The van der Waals surface area contributed by atoms with E-state index in [4.69, 9.17) is 11.6 Å². The highest BCUT2D eigenvalue weighted by Gasteiger charge is 2.10. The van der Waals surface area contributed by atoms with Crippen LogP contribution in [0, 0.1) is 0 Å². The number of halogens is 1. The van der Waals surface area contributed by atoms with Crippen molar-refractivity contribution < 1.29 is 4.79 Å². The lowest BCUT2D eigenvalue weighted by atomic mass is 10.1. The van der Waals surface area contributed by atoms with Crippen molar-refractivity contribution in [1.82, 2.24) is 19.3 Å². The van der Waals surface area contributed by atoms with Crippen molar-refractivity contribution in [3.8, 4) is 11.4 Å². The van der Waals surface area contributed by atoms with Gasteiger partial charge in [-0.3, -0.25) is 9.78 Å². The highest BCUT2D eigenvalue weighted by atomic mass is 35.5. The molecular weight excluding hydrogens is 334 g/mol. The Bertz CT molecular complexity index is 791. The number of hydrogen-bond donors (Lipinski definition) is 1. The van der Waals surface area contributed by atoms with Gasteiger partial charge >= 0.3 is 0 Å². The third-order valence-electron chi connectivity index (χ3n) is 3.02. The lowest BCUT2D eigenvalue weighted by Crippen LogP contribution is -2.12. The van der Waals surface area contributed by atoms with Gasteiger partial charge in [0.15, 0.2) is 5.82 Å². The first kappa shape index (κ1) is 15.5. The minimum Gasteiger partial charge on any atom is -0.301 e. The maximum Gasteiger partial charge on any atom is 0.226 e. The molecule has 8 heteroatoms. The van der Waals surface area contributed by atoms with Crippen LogP contribution in [0.3, 0.4) is 0 Å². The number of hydrogen-bond acceptors (Lipinski definition) is 6. The maximum atomic E-state index is 12.0. The molecule has 0 unspecified atom stereocenters. The SMILES string of the molecule is O=C(CCc1ccc(Cl)nc1)Nc1nc(-c2cccnc2)ns1. The number of rotatable bonds is 5. The third-order valence-corrected chi connectivity index (χ3v) is 3.88. The Hall–Kier alpha value is -2.38. The van der Waals surface area contributed by atoms with Crippen LogP contribution in [-0.2, 0) is 11.2 Å². The Labute approximate surface area is 141 Å². The van der Waals surface area contributed by atoms with E-state index in [2.05, 4.69) is 24.6 Å². The Morgan fingerprint density at radius 3 is 2.91 bits per heavy atom. The van der Waals surface area contributed by atoms with Gasteiger partial charge in [-0.15, -0.1) is 0 Å². The second-order valence-corrected chi connectivity index (χ2v) is 5.84. The molecule has 0 saturated heterocycles. The van der Waals surface area contributed by atoms with Gasteiger partial charge in [0.1, 0.15) is 5.15 Å². The van der Waals surface area contributed by atoms with Gasteiger partial charge in [0.05, 0.1) is 0 Å². The fourth-order valence-corrected chi connectivity index (χ4v) is 2.60. The van der Waals surface area contributed by atoms with Gasteiger partial charge in [0.25, 0.3) is 0 Å². The van der Waals surface area contributed by atoms with Crippen LogP contribution in [0.4, 0.5) is 5.13 Å². The van der Waals surface area contributed by atoms with Gasteiger partial charge in [-0.05, 0) is 30.2 Å². The summed E-state index contributed by atoms with van der Waals surface area (Å²) in [5.74, 6) is 0.439. The van der Waals surface area contributed by atoms with Crippen molar-refractivity contribution in [2.45, 2.75) is 12.8 Å². The van der Waals surface area contributed by atoms with Crippen LogP contribution >= 0.6 is 23.1 Å². The Balaban J connectivity index is 1.56. The van der Waals surface area contributed by atoms with Gasteiger partial charge in [0.2, 0.25) is 11.0 Å². The van der Waals surface area contributed by atoms with Crippen LogP contribution in [0.5, 0.6) is 0 Å². The topological polar surface area (TPSA) is 80.7 Å². The first-order chi connectivity index (χ1) is 11.2. The molecule has 0 saturated carbocycles. The molecular formula is C15H12ClN5OS. The minimum absolute atomic E-state index is 0.117. The molecule has 3 heterocycles. The number of pyridine rings is 2. The minimum atomic E-state index is -0.117. The molecule has 3 rings (SSSR count). The number of anilines is 1. The Kier molecular flexibility index (Phi) is 4.89. The average Bonchev–Trinajstić information content (AvgIpc) is 3.04. The molecule has 3 aromatic rings. The molecule has 0 radical (unpaired) electrons. The van der Waals surface area contributed by atoms with E-state index in [1.165, 1.54) is 0 Å². The summed E-state index contributed by atoms with van der Waals surface area (Å²) < 4.78 is 4.22. The van der Waals surface area contributed by atoms with Crippen LogP contribution in [0.15, 0.2) is 42.9 Å². The number of nitrogens with zero attached hydrogens (tertiary/aromatic N) is 4. The molecule has 0 aromatic carbocycles. The molecule has 0 aliphatic heterocycles. The van der Waals surface area contributed by atoms with E-state index < -0.39 is 0 Å². The van der Waals surface area contributed by atoms with Crippen LogP contribution in [0.2, 0.25) is 5.15 Å². The molecule has 6 nitrogen and oxygen atoms in total. The summed E-state index contributed by atoms with van der Waals surface area (Å²) in [6.07, 6.45) is 5.96. The number of aryl methyl sites for hydroxylation is 1. The summed E-state index contributed by atoms with van der Waals surface area (Å²) in [6, 6.07) is 7.25. The number of carbonyl (C=O) groups excluding carboxylic acids is 1. The standard InChI is InChI=1S/C15H12ClN5OS/c16-12-5-3-10(8-18-12)4-6-13(22)19-15-20-14(21-23-15)11-2-1-7-17-9-11/h1-3,5,7-9H,4,6H2,(H,19,20,21,22). The van der Waals surface area contributed by atoms with E-state index in [1.807, 2.05) is 18.2 Å².